The third-order valence-electron chi connectivity index (χ3n) is 5.20. The number of nitrogens with zero attached hydrogens (tertiary/aromatic N) is 3. The van der Waals surface area contributed by atoms with Gasteiger partial charge in [-0.3, -0.25) is 4.79 Å². The molecule has 1 amide bonds. The van der Waals surface area contributed by atoms with Gasteiger partial charge in [-0.05, 0) is 42.0 Å². The van der Waals surface area contributed by atoms with Crippen LogP contribution in [0, 0.1) is 6.92 Å². The van der Waals surface area contributed by atoms with Gasteiger partial charge < -0.3 is 4.74 Å². The molecule has 0 spiro atoms. The first-order chi connectivity index (χ1) is 16.5. The number of hydrogen-bond acceptors (Lipinski definition) is 6. The van der Waals surface area contributed by atoms with Crippen LogP contribution in [0.15, 0.2) is 71.6 Å². The zero-order valence-corrected chi connectivity index (χ0v) is 19.1. The molecule has 182 valence electrons. The Morgan fingerprint density at radius 2 is 1.71 bits per heavy atom. The number of rotatable bonds is 7. The van der Waals surface area contributed by atoms with E-state index >= 15 is 0 Å². The minimum absolute atomic E-state index is 0.0447. The smallest absolute Gasteiger partial charge is 0.417 e. The van der Waals surface area contributed by atoms with Crippen LogP contribution in [0.3, 0.4) is 0 Å². The van der Waals surface area contributed by atoms with Crippen molar-refractivity contribution < 1.29 is 31.1 Å². The maximum Gasteiger partial charge on any atom is 0.417 e. The average molecular weight is 504 g/mol. The Balaban J connectivity index is 1.43. The largest absolute Gasteiger partial charge is 0.487 e. The Labute approximate surface area is 198 Å². The van der Waals surface area contributed by atoms with Gasteiger partial charge in [0.25, 0.3) is 15.9 Å². The summed E-state index contributed by atoms with van der Waals surface area (Å²) in [6.07, 6.45) is -4.91. The number of ether oxygens (including phenoxy) is 1. The van der Waals surface area contributed by atoms with Crippen molar-refractivity contribution in [3.8, 4) is 5.75 Å². The fourth-order valence-electron chi connectivity index (χ4n) is 3.40. The molecule has 0 atom stereocenters. The van der Waals surface area contributed by atoms with E-state index in [0.29, 0.717) is 23.2 Å². The number of hydrogen-bond donors (Lipinski definition) is 1. The molecule has 0 aliphatic heterocycles. The Morgan fingerprint density at radius 3 is 2.46 bits per heavy atom. The van der Waals surface area contributed by atoms with Crippen molar-refractivity contribution in [1.29, 1.82) is 0 Å². The van der Waals surface area contributed by atoms with Crippen molar-refractivity contribution in [2.75, 3.05) is 0 Å². The lowest BCUT2D eigenvalue weighted by atomic mass is 10.1. The normalized spacial score (nSPS) is 12.0. The zero-order valence-electron chi connectivity index (χ0n) is 18.3. The lowest BCUT2D eigenvalue weighted by Crippen LogP contribution is -2.35. The van der Waals surface area contributed by atoms with E-state index in [1.54, 1.807) is 17.7 Å². The molecule has 35 heavy (non-hydrogen) atoms. The third kappa shape index (κ3) is 5.43. The molecule has 1 heterocycles. The van der Waals surface area contributed by atoms with Gasteiger partial charge in [0.2, 0.25) is 0 Å². The number of sulfonamides is 1. The molecule has 0 unspecified atom stereocenters. The number of carbonyl (C=O) groups is 1. The van der Waals surface area contributed by atoms with Crippen molar-refractivity contribution in [3.05, 3.63) is 83.7 Å². The molecule has 0 bridgehead atoms. The maximum absolute atomic E-state index is 13.2. The van der Waals surface area contributed by atoms with Gasteiger partial charge in [-0.1, -0.05) is 47.7 Å². The molecule has 0 radical (unpaired) electrons. The monoisotopic (exact) mass is 504 g/mol. The van der Waals surface area contributed by atoms with Gasteiger partial charge >= 0.3 is 6.18 Å². The Kier molecular flexibility index (Phi) is 6.48. The minimum Gasteiger partial charge on any atom is -0.487 e. The molecular formula is C23H19F3N4O4S. The molecule has 12 heteroatoms. The van der Waals surface area contributed by atoms with Gasteiger partial charge in [-0.25, -0.2) is 17.8 Å². The van der Waals surface area contributed by atoms with E-state index in [0.717, 1.165) is 33.7 Å². The Hall–Kier alpha value is -3.93. The van der Waals surface area contributed by atoms with Crippen LogP contribution in [0.4, 0.5) is 13.2 Å². The van der Waals surface area contributed by atoms with Crippen molar-refractivity contribution in [2.24, 2.45) is 0 Å². The van der Waals surface area contributed by atoms with E-state index in [9.17, 15) is 26.4 Å². The second-order valence-corrected chi connectivity index (χ2v) is 9.25. The molecule has 0 saturated heterocycles. The van der Waals surface area contributed by atoms with Crippen LogP contribution in [-0.4, -0.2) is 29.3 Å². The fourth-order valence-corrected chi connectivity index (χ4v) is 4.60. The summed E-state index contributed by atoms with van der Waals surface area (Å²) >= 11 is 0. The number of nitrogens with one attached hydrogen (secondary N) is 1. The average Bonchev–Trinajstić information content (AvgIpc) is 3.15. The molecule has 4 rings (SSSR count). The summed E-state index contributed by atoms with van der Waals surface area (Å²) in [5.41, 5.74) is -0.518. The number of amides is 1. The van der Waals surface area contributed by atoms with E-state index in [-0.39, 0.29) is 6.61 Å². The number of fused-ring (bicyclic) bond motifs is 1. The molecule has 4 aromatic rings. The van der Waals surface area contributed by atoms with E-state index in [1.807, 2.05) is 36.4 Å². The zero-order chi connectivity index (χ0) is 25.2. The standard InChI is InChI=1S/C23H19F3N4O4S/c1-15-20(14-34-18-11-10-16-6-2-3-7-17(16)12-18)27-29-30(15)13-22(31)28-35(32,33)21-9-5-4-8-19(21)23(24,25)26/h2-12H,13-14H2,1H3,(H,28,31). The summed E-state index contributed by atoms with van der Waals surface area (Å²) < 4.78 is 73.0. The second kappa shape index (κ2) is 9.37. The van der Waals surface area contributed by atoms with Crippen LogP contribution >= 0.6 is 0 Å². The van der Waals surface area contributed by atoms with Crippen LogP contribution in [0.1, 0.15) is 17.0 Å². The van der Waals surface area contributed by atoms with E-state index in [4.69, 9.17) is 4.74 Å². The molecule has 0 aliphatic carbocycles. The summed E-state index contributed by atoms with van der Waals surface area (Å²) in [5.74, 6) is -0.471. The molecule has 0 saturated carbocycles. The minimum atomic E-state index is -4.91. The molecule has 1 N–H and O–H groups in total. The summed E-state index contributed by atoms with van der Waals surface area (Å²) in [6, 6.07) is 17.0. The fraction of sp³-hybridized carbons (Fsp3) is 0.174. The first-order valence-corrected chi connectivity index (χ1v) is 11.8. The predicted octanol–water partition coefficient (Wildman–Crippen LogP) is 3.84. The molecule has 8 nitrogen and oxygen atoms in total. The van der Waals surface area contributed by atoms with E-state index < -0.39 is 39.1 Å². The van der Waals surface area contributed by atoms with Gasteiger partial charge in [0.15, 0.2) is 0 Å². The summed E-state index contributed by atoms with van der Waals surface area (Å²) in [7, 11) is -4.77. The second-order valence-electron chi connectivity index (χ2n) is 7.60. The first kappa shape index (κ1) is 24.2. The Bertz CT molecular complexity index is 1500. The summed E-state index contributed by atoms with van der Waals surface area (Å²) in [6.45, 7) is 1.09. The molecule has 0 aliphatic rings. The van der Waals surface area contributed by atoms with Gasteiger partial charge in [-0.2, -0.15) is 13.2 Å². The first-order valence-electron chi connectivity index (χ1n) is 10.3. The van der Waals surface area contributed by atoms with Crippen LogP contribution in [0.5, 0.6) is 5.75 Å². The molecule has 3 aromatic carbocycles. The highest BCUT2D eigenvalue weighted by atomic mass is 32.2. The van der Waals surface area contributed by atoms with Gasteiger partial charge in [-0.15, -0.1) is 5.10 Å². The lowest BCUT2D eigenvalue weighted by Gasteiger charge is -2.13. The van der Waals surface area contributed by atoms with Gasteiger partial charge in [0, 0.05) is 0 Å². The number of halogens is 3. The van der Waals surface area contributed by atoms with E-state index in [2.05, 4.69) is 10.3 Å². The number of alkyl halides is 3. The highest BCUT2D eigenvalue weighted by Gasteiger charge is 2.37. The third-order valence-corrected chi connectivity index (χ3v) is 6.63. The summed E-state index contributed by atoms with van der Waals surface area (Å²) in [5, 5.41) is 9.84. The molecule has 0 fully saturated rings. The van der Waals surface area contributed by atoms with Crippen molar-refractivity contribution in [2.45, 2.75) is 31.1 Å². The van der Waals surface area contributed by atoms with Crippen molar-refractivity contribution >= 4 is 26.7 Å². The van der Waals surface area contributed by atoms with Crippen molar-refractivity contribution in [1.82, 2.24) is 19.7 Å². The number of aromatic nitrogens is 3. The van der Waals surface area contributed by atoms with Crippen LogP contribution in [-0.2, 0) is 34.1 Å². The molecule has 1 aromatic heterocycles. The topological polar surface area (TPSA) is 103 Å². The number of benzene rings is 3. The number of carbonyl (C=O) groups excluding carboxylic acids is 1. The highest BCUT2D eigenvalue weighted by Crippen LogP contribution is 2.33. The lowest BCUT2D eigenvalue weighted by molar-refractivity contribution is -0.140. The predicted molar refractivity (Wildman–Crippen MR) is 120 cm³/mol. The van der Waals surface area contributed by atoms with Gasteiger partial charge in [0.1, 0.15) is 24.6 Å². The van der Waals surface area contributed by atoms with Gasteiger partial charge in [0.05, 0.1) is 16.2 Å². The van der Waals surface area contributed by atoms with Crippen LogP contribution < -0.4 is 9.46 Å². The maximum atomic E-state index is 13.2. The highest BCUT2D eigenvalue weighted by molar-refractivity contribution is 7.90. The van der Waals surface area contributed by atoms with E-state index in [1.165, 1.54) is 0 Å². The quantitative estimate of drug-likeness (QED) is 0.410. The van der Waals surface area contributed by atoms with Crippen molar-refractivity contribution in [3.63, 3.8) is 0 Å². The van der Waals surface area contributed by atoms with Crippen LogP contribution in [0.2, 0.25) is 0 Å². The molecular weight excluding hydrogens is 485 g/mol. The Morgan fingerprint density at radius 1 is 1.03 bits per heavy atom. The van der Waals surface area contributed by atoms with Crippen LogP contribution in [0.25, 0.3) is 10.8 Å². The summed E-state index contributed by atoms with van der Waals surface area (Å²) in [4.78, 5) is 11.3. The SMILES string of the molecule is Cc1c(COc2ccc3ccccc3c2)nnn1CC(=O)NS(=O)(=O)c1ccccc1C(F)(F)F.